The maximum Gasteiger partial charge on any atom is 0.305 e. The van der Waals surface area contributed by atoms with Gasteiger partial charge in [0.1, 0.15) is 0 Å². The lowest BCUT2D eigenvalue weighted by atomic mass is 10.1. The molecule has 5 nitrogen and oxygen atoms in total. The zero-order chi connectivity index (χ0) is 17.2. The number of rotatable bonds is 14. The van der Waals surface area contributed by atoms with Crippen molar-refractivity contribution >= 4 is 23.7 Å². The van der Waals surface area contributed by atoms with E-state index in [0.717, 1.165) is 38.3 Å². The highest BCUT2D eigenvalue weighted by Crippen LogP contribution is 2.05. The third-order valence-electron chi connectivity index (χ3n) is 3.45. The monoisotopic (exact) mass is 345 g/mol. The van der Waals surface area contributed by atoms with Crippen molar-refractivity contribution in [2.24, 2.45) is 4.99 Å². The van der Waals surface area contributed by atoms with Crippen LogP contribution in [0.4, 0.5) is 0 Å². The third-order valence-corrected chi connectivity index (χ3v) is 4.14. The number of nitrogens with zero attached hydrogens (tertiary/aromatic N) is 1. The quantitative estimate of drug-likeness (QED) is 0.219. The van der Waals surface area contributed by atoms with E-state index in [1.54, 1.807) is 0 Å². The second-order valence-corrected chi connectivity index (χ2v) is 6.43. The smallest absolute Gasteiger partial charge is 0.305 e. The Morgan fingerprint density at radius 3 is 2.22 bits per heavy atom. The van der Waals surface area contributed by atoms with Gasteiger partial charge in [-0.1, -0.05) is 19.3 Å². The van der Waals surface area contributed by atoms with Crippen molar-refractivity contribution in [2.75, 3.05) is 38.8 Å². The van der Waals surface area contributed by atoms with E-state index in [1.165, 1.54) is 31.4 Å². The van der Waals surface area contributed by atoms with Gasteiger partial charge in [-0.25, -0.2) is 0 Å². The van der Waals surface area contributed by atoms with E-state index in [4.69, 9.17) is 4.74 Å². The summed E-state index contributed by atoms with van der Waals surface area (Å²) in [6.45, 7) is 4.26. The highest BCUT2D eigenvalue weighted by molar-refractivity contribution is 7.98. The van der Waals surface area contributed by atoms with Crippen LogP contribution < -0.4 is 10.6 Å². The van der Waals surface area contributed by atoms with Crippen LogP contribution in [-0.2, 0) is 9.53 Å². The molecule has 0 rings (SSSR count). The van der Waals surface area contributed by atoms with Gasteiger partial charge < -0.3 is 15.4 Å². The molecule has 0 fully saturated rings. The van der Waals surface area contributed by atoms with Crippen LogP contribution in [0, 0.1) is 0 Å². The first-order chi connectivity index (χ1) is 11.2. The largest absolute Gasteiger partial charge is 0.466 e. The molecule has 0 saturated heterocycles. The number of guanidine groups is 1. The van der Waals surface area contributed by atoms with Crippen LogP contribution in [0.25, 0.3) is 0 Å². The van der Waals surface area contributed by atoms with Crippen molar-refractivity contribution in [1.82, 2.24) is 10.6 Å². The van der Waals surface area contributed by atoms with E-state index in [0.29, 0.717) is 13.0 Å². The van der Waals surface area contributed by atoms with Crippen molar-refractivity contribution < 1.29 is 9.53 Å². The van der Waals surface area contributed by atoms with Gasteiger partial charge in [0.25, 0.3) is 0 Å². The van der Waals surface area contributed by atoms with Crippen molar-refractivity contribution in [3.8, 4) is 0 Å². The zero-order valence-electron chi connectivity index (χ0n) is 15.2. The van der Waals surface area contributed by atoms with Gasteiger partial charge in [-0.15, -0.1) is 0 Å². The zero-order valence-corrected chi connectivity index (χ0v) is 16.0. The molecule has 0 aromatic heterocycles. The number of thioether (sulfide) groups is 1. The molecule has 0 unspecified atom stereocenters. The summed E-state index contributed by atoms with van der Waals surface area (Å²) >= 11 is 1.90. The summed E-state index contributed by atoms with van der Waals surface area (Å²) in [5.41, 5.74) is 0. The maximum absolute atomic E-state index is 11.2. The minimum atomic E-state index is -0.0680. The molecule has 0 aliphatic carbocycles. The first kappa shape index (κ1) is 22.1. The molecule has 0 saturated carbocycles. The van der Waals surface area contributed by atoms with Gasteiger partial charge in [-0.05, 0) is 44.6 Å². The molecule has 0 amide bonds. The normalized spacial score (nSPS) is 11.3. The predicted molar refractivity (Wildman–Crippen MR) is 101 cm³/mol. The summed E-state index contributed by atoms with van der Waals surface area (Å²) in [5, 5.41) is 6.69. The van der Waals surface area contributed by atoms with Crippen LogP contribution in [0.5, 0.6) is 0 Å². The van der Waals surface area contributed by atoms with Gasteiger partial charge in [-0.3, -0.25) is 9.79 Å². The Balaban J connectivity index is 3.39. The second kappa shape index (κ2) is 17.4. The number of ether oxygens (including phenoxy) is 1. The lowest BCUT2D eigenvalue weighted by Crippen LogP contribution is -2.38. The first-order valence-corrected chi connectivity index (χ1v) is 10.2. The number of esters is 1. The third kappa shape index (κ3) is 15.8. The SMILES string of the molecule is CCOC(=O)CCCCCCCNC(=NC)NCCCCSC. The number of carbonyl (C=O) groups is 1. The summed E-state index contributed by atoms with van der Waals surface area (Å²) in [6, 6.07) is 0. The fourth-order valence-corrected chi connectivity index (χ4v) is 2.66. The van der Waals surface area contributed by atoms with E-state index in [2.05, 4.69) is 21.9 Å². The number of aliphatic imine (C=N–C) groups is 1. The van der Waals surface area contributed by atoms with Gasteiger partial charge in [0.05, 0.1) is 6.61 Å². The van der Waals surface area contributed by atoms with E-state index >= 15 is 0 Å². The molecule has 0 atom stereocenters. The summed E-state index contributed by atoms with van der Waals surface area (Å²) in [7, 11) is 1.81. The van der Waals surface area contributed by atoms with E-state index in [-0.39, 0.29) is 5.97 Å². The number of unbranched alkanes of at least 4 members (excludes halogenated alkanes) is 5. The molecular formula is C17H35N3O2S. The Labute approximate surface area is 146 Å². The summed E-state index contributed by atoms with van der Waals surface area (Å²) in [6.07, 6.45) is 10.6. The Hall–Kier alpha value is -0.910. The van der Waals surface area contributed by atoms with E-state index < -0.39 is 0 Å². The summed E-state index contributed by atoms with van der Waals surface area (Å²) in [4.78, 5) is 15.4. The molecule has 0 radical (unpaired) electrons. The van der Waals surface area contributed by atoms with Crippen molar-refractivity contribution in [1.29, 1.82) is 0 Å². The number of nitrogens with one attached hydrogen (secondary N) is 2. The van der Waals surface area contributed by atoms with E-state index in [9.17, 15) is 4.79 Å². The fraction of sp³-hybridized carbons (Fsp3) is 0.882. The molecule has 0 heterocycles. The predicted octanol–water partition coefficient (Wildman–Crippen LogP) is 3.20. The van der Waals surface area contributed by atoms with Gasteiger partial charge in [0.2, 0.25) is 0 Å². The molecule has 0 spiro atoms. The van der Waals surface area contributed by atoms with Gasteiger partial charge in [0.15, 0.2) is 5.96 Å². The van der Waals surface area contributed by atoms with Crippen LogP contribution in [0.2, 0.25) is 0 Å². The highest BCUT2D eigenvalue weighted by atomic mass is 32.2. The summed E-state index contributed by atoms with van der Waals surface area (Å²) < 4.78 is 4.91. The topological polar surface area (TPSA) is 62.7 Å². The van der Waals surface area contributed by atoms with Crippen molar-refractivity contribution in [3.63, 3.8) is 0 Å². The van der Waals surface area contributed by atoms with Crippen LogP contribution in [0.3, 0.4) is 0 Å². The van der Waals surface area contributed by atoms with Crippen molar-refractivity contribution in [2.45, 2.75) is 58.3 Å². The number of carbonyl (C=O) groups excluding carboxylic acids is 1. The van der Waals surface area contributed by atoms with Gasteiger partial charge in [0, 0.05) is 26.6 Å². The lowest BCUT2D eigenvalue weighted by molar-refractivity contribution is -0.143. The van der Waals surface area contributed by atoms with Gasteiger partial charge >= 0.3 is 5.97 Å². The molecule has 136 valence electrons. The first-order valence-electron chi connectivity index (χ1n) is 8.83. The average molecular weight is 346 g/mol. The molecule has 23 heavy (non-hydrogen) atoms. The standard InChI is InChI=1S/C17H35N3O2S/c1-4-22-16(21)12-8-6-5-7-9-13-19-17(18-2)20-14-10-11-15-23-3/h4-15H2,1-3H3,(H2,18,19,20). The Morgan fingerprint density at radius 2 is 1.61 bits per heavy atom. The van der Waals surface area contributed by atoms with Crippen LogP contribution in [0.1, 0.15) is 58.3 Å². The number of hydrogen-bond donors (Lipinski definition) is 2. The number of hydrogen-bond acceptors (Lipinski definition) is 4. The van der Waals surface area contributed by atoms with Crippen molar-refractivity contribution in [3.05, 3.63) is 0 Å². The minimum absolute atomic E-state index is 0.0680. The second-order valence-electron chi connectivity index (χ2n) is 5.45. The van der Waals surface area contributed by atoms with Crippen LogP contribution in [-0.4, -0.2) is 50.7 Å². The van der Waals surface area contributed by atoms with Gasteiger partial charge in [-0.2, -0.15) is 11.8 Å². The Morgan fingerprint density at radius 1 is 1.00 bits per heavy atom. The maximum atomic E-state index is 11.2. The molecular weight excluding hydrogens is 310 g/mol. The lowest BCUT2D eigenvalue weighted by Gasteiger charge is -2.11. The fourth-order valence-electron chi connectivity index (χ4n) is 2.16. The molecule has 0 aromatic rings. The van der Waals surface area contributed by atoms with Crippen LogP contribution in [0.15, 0.2) is 4.99 Å². The summed E-state index contributed by atoms with van der Waals surface area (Å²) in [5.74, 6) is 2.06. The highest BCUT2D eigenvalue weighted by Gasteiger charge is 2.01. The minimum Gasteiger partial charge on any atom is -0.466 e. The van der Waals surface area contributed by atoms with Crippen LogP contribution >= 0.6 is 11.8 Å². The molecule has 0 aromatic carbocycles. The molecule has 0 aliphatic heterocycles. The molecule has 2 N–H and O–H groups in total. The Bertz CT molecular complexity index is 312. The average Bonchev–Trinajstić information content (AvgIpc) is 2.55. The molecule has 6 heteroatoms. The molecule has 0 aliphatic rings. The molecule has 0 bridgehead atoms. The Kier molecular flexibility index (Phi) is 16.8. The van der Waals surface area contributed by atoms with E-state index in [1.807, 2.05) is 25.7 Å².